The van der Waals surface area contributed by atoms with Gasteiger partial charge in [0.2, 0.25) is 0 Å². The van der Waals surface area contributed by atoms with E-state index in [9.17, 15) is 4.79 Å². The van der Waals surface area contributed by atoms with Gasteiger partial charge in [0.1, 0.15) is 0 Å². The standard InChI is InChI=1S/C8H13NO2/c1-2-3-9-5-6-4-7(6)8(10)11/h2,6-7,9H,1,3-5H2,(H,10,11). The summed E-state index contributed by atoms with van der Waals surface area (Å²) in [6.45, 7) is 5.13. The maximum absolute atomic E-state index is 10.4. The molecule has 2 atom stereocenters. The lowest BCUT2D eigenvalue weighted by Gasteiger charge is -1.97. The van der Waals surface area contributed by atoms with Gasteiger partial charge in [0, 0.05) is 6.54 Å². The highest BCUT2D eigenvalue weighted by molar-refractivity contribution is 5.73. The number of rotatable bonds is 5. The molecular formula is C8H13NO2. The molecule has 1 saturated carbocycles. The largest absolute Gasteiger partial charge is 0.481 e. The van der Waals surface area contributed by atoms with Crippen molar-refractivity contribution >= 4 is 5.97 Å². The number of carbonyl (C=O) groups is 1. The number of carboxylic acid groups (broad SMARTS) is 1. The normalized spacial score (nSPS) is 28.0. The second-order valence-corrected chi connectivity index (χ2v) is 2.89. The molecule has 2 unspecified atom stereocenters. The van der Waals surface area contributed by atoms with E-state index >= 15 is 0 Å². The minimum atomic E-state index is -0.657. The first-order valence-corrected chi connectivity index (χ1v) is 3.80. The Hall–Kier alpha value is -0.830. The SMILES string of the molecule is C=CCNCC1CC1C(=O)O. The van der Waals surface area contributed by atoms with Gasteiger partial charge in [-0.3, -0.25) is 4.79 Å². The Morgan fingerprint density at radius 1 is 1.82 bits per heavy atom. The second-order valence-electron chi connectivity index (χ2n) is 2.89. The van der Waals surface area contributed by atoms with E-state index in [-0.39, 0.29) is 5.92 Å². The second kappa shape index (κ2) is 3.53. The third kappa shape index (κ3) is 2.35. The number of nitrogens with one attached hydrogen (secondary N) is 1. The Labute approximate surface area is 66.1 Å². The van der Waals surface area contributed by atoms with E-state index in [1.165, 1.54) is 0 Å². The molecule has 0 radical (unpaired) electrons. The van der Waals surface area contributed by atoms with Gasteiger partial charge in [0.25, 0.3) is 0 Å². The van der Waals surface area contributed by atoms with E-state index in [0.29, 0.717) is 5.92 Å². The van der Waals surface area contributed by atoms with Crippen molar-refractivity contribution < 1.29 is 9.90 Å². The van der Waals surface area contributed by atoms with Crippen LogP contribution in [0.15, 0.2) is 12.7 Å². The Morgan fingerprint density at radius 2 is 2.55 bits per heavy atom. The van der Waals surface area contributed by atoms with Crippen LogP contribution in [0.3, 0.4) is 0 Å². The molecule has 0 bridgehead atoms. The lowest BCUT2D eigenvalue weighted by molar-refractivity contribution is -0.138. The van der Waals surface area contributed by atoms with Gasteiger partial charge >= 0.3 is 5.97 Å². The Bertz CT molecular complexity index is 167. The van der Waals surface area contributed by atoms with Crippen molar-refractivity contribution in [3.05, 3.63) is 12.7 Å². The Morgan fingerprint density at radius 3 is 3.00 bits per heavy atom. The first-order chi connectivity index (χ1) is 5.25. The molecule has 11 heavy (non-hydrogen) atoms. The highest BCUT2D eigenvalue weighted by atomic mass is 16.4. The maximum atomic E-state index is 10.4. The van der Waals surface area contributed by atoms with Crippen LogP contribution < -0.4 is 5.32 Å². The first kappa shape index (κ1) is 8.27. The summed E-state index contributed by atoms with van der Waals surface area (Å²) in [5.41, 5.74) is 0. The van der Waals surface area contributed by atoms with Crippen LogP contribution in [0.4, 0.5) is 0 Å². The smallest absolute Gasteiger partial charge is 0.306 e. The van der Waals surface area contributed by atoms with Gasteiger partial charge in [-0.25, -0.2) is 0 Å². The van der Waals surface area contributed by atoms with Crippen LogP contribution in [-0.4, -0.2) is 24.2 Å². The van der Waals surface area contributed by atoms with Crippen molar-refractivity contribution in [2.75, 3.05) is 13.1 Å². The Balaban J connectivity index is 2.04. The van der Waals surface area contributed by atoms with Crippen molar-refractivity contribution in [1.29, 1.82) is 0 Å². The zero-order valence-corrected chi connectivity index (χ0v) is 6.42. The predicted octanol–water partition coefficient (Wildman–Crippen LogP) is 0.483. The van der Waals surface area contributed by atoms with Gasteiger partial charge in [-0.2, -0.15) is 0 Å². The van der Waals surface area contributed by atoms with Gasteiger partial charge in [0.15, 0.2) is 0 Å². The summed E-state index contributed by atoms with van der Waals surface area (Å²) in [5.74, 6) is -0.393. The zero-order valence-electron chi connectivity index (χ0n) is 6.42. The zero-order chi connectivity index (χ0) is 8.27. The van der Waals surface area contributed by atoms with Crippen molar-refractivity contribution in [2.24, 2.45) is 11.8 Å². The molecule has 1 aliphatic rings. The van der Waals surface area contributed by atoms with Crippen LogP contribution in [0.1, 0.15) is 6.42 Å². The van der Waals surface area contributed by atoms with Crippen LogP contribution in [-0.2, 0) is 4.79 Å². The minimum absolute atomic E-state index is 0.0904. The van der Waals surface area contributed by atoms with E-state index in [1.54, 1.807) is 6.08 Å². The summed E-state index contributed by atoms with van der Waals surface area (Å²) in [6.07, 6.45) is 2.61. The molecule has 1 aliphatic carbocycles. The van der Waals surface area contributed by atoms with Crippen LogP contribution in [0.5, 0.6) is 0 Å². The van der Waals surface area contributed by atoms with Crippen LogP contribution >= 0.6 is 0 Å². The summed E-state index contributed by atoms with van der Waals surface area (Å²) < 4.78 is 0. The highest BCUT2D eigenvalue weighted by Gasteiger charge is 2.42. The molecule has 0 aliphatic heterocycles. The predicted molar refractivity (Wildman–Crippen MR) is 42.3 cm³/mol. The molecule has 0 aromatic rings. The van der Waals surface area contributed by atoms with Crippen molar-refractivity contribution in [3.63, 3.8) is 0 Å². The fourth-order valence-electron chi connectivity index (χ4n) is 1.15. The van der Waals surface area contributed by atoms with Gasteiger partial charge in [-0.1, -0.05) is 6.08 Å². The number of hydrogen-bond acceptors (Lipinski definition) is 2. The third-order valence-corrected chi connectivity index (χ3v) is 1.93. The van der Waals surface area contributed by atoms with Gasteiger partial charge in [-0.15, -0.1) is 6.58 Å². The molecule has 62 valence electrons. The molecule has 0 amide bonds. The molecule has 1 rings (SSSR count). The van der Waals surface area contributed by atoms with E-state index in [0.717, 1.165) is 19.5 Å². The summed E-state index contributed by atoms with van der Waals surface area (Å²) in [4.78, 5) is 10.4. The summed E-state index contributed by atoms with van der Waals surface area (Å²) in [6, 6.07) is 0. The monoisotopic (exact) mass is 155 g/mol. The fraction of sp³-hybridized carbons (Fsp3) is 0.625. The molecule has 0 saturated heterocycles. The van der Waals surface area contributed by atoms with Crippen molar-refractivity contribution in [1.82, 2.24) is 5.32 Å². The molecular weight excluding hydrogens is 142 g/mol. The number of carboxylic acids is 1. The lowest BCUT2D eigenvalue weighted by atomic mass is 10.3. The average Bonchev–Trinajstić information content (AvgIpc) is 2.68. The van der Waals surface area contributed by atoms with Crippen LogP contribution in [0.2, 0.25) is 0 Å². The van der Waals surface area contributed by atoms with Gasteiger partial charge < -0.3 is 10.4 Å². The Kier molecular flexibility index (Phi) is 2.65. The lowest BCUT2D eigenvalue weighted by Crippen LogP contribution is -2.18. The van der Waals surface area contributed by atoms with Gasteiger partial charge in [-0.05, 0) is 18.9 Å². The number of aliphatic carboxylic acids is 1. The molecule has 0 spiro atoms. The van der Waals surface area contributed by atoms with E-state index in [1.807, 2.05) is 0 Å². The van der Waals surface area contributed by atoms with Gasteiger partial charge in [0.05, 0.1) is 5.92 Å². The molecule has 3 nitrogen and oxygen atoms in total. The van der Waals surface area contributed by atoms with Crippen LogP contribution in [0, 0.1) is 11.8 Å². The van der Waals surface area contributed by atoms with E-state index in [4.69, 9.17) is 5.11 Å². The van der Waals surface area contributed by atoms with E-state index < -0.39 is 5.97 Å². The molecule has 2 N–H and O–H groups in total. The van der Waals surface area contributed by atoms with Crippen molar-refractivity contribution in [2.45, 2.75) is 6.42 Å². The van der Waals surface area contributed by atoms with Crippen molar-refractivity contribution in [3.8, 4) is 0 Å². The molecule has 1 fully saturated rings. The quantitative estimate of drug-likeness (QED) is 0.448. The molecule has 0 aromatic heterocycles. The first-order valence-electron chi connectivity index (χ1n) is 3.80. The maximum Gasteiger partial charge on any atom is 0.306 e. The minimum Gasteiger partial charge on any atom is -0.481 e. The summed E-state index contributed by atoms with van der Waals surface area (Å²) >= 11 is 0. The fourth-order valence-corrected chi connectivity index (χ4v) is 1.15. The third-order valence-electron chi connectivity index (χ3n) is 1.93. The van der Waals surface area contributed by atoms with E-state index in [2.05, 4.69) is 11.9 Å². The average molecular weight is 155 g/mol. The summed E-state index contributed by atoms with van der Waals surface area (Å²) in [7, 11) is 0. The van der Waals surface area contributed by atoms with Crippen LogP contribution in [0.25, 0.3) is 0 Å². The topological polar surface area (TPSA) is 49.3 Å². The number of hydrogen-bond donors (Lipinski definition) is 2. The molecule has 0 heterocycles. The molecule has 0 aromatic carbocycles. The summed E-state index contributed by atoms with van der Waals surface area (Å²) in [5, 5.41) is 11.6. The molecule has 3 heteroatoms. The highest BCUT2D eigenvalue weighted by Crippen LogP contribution is 2.37.